The first-order valence-electron chi connectivity index (χ1n) is 12.5. The van der Waals surface area contributed by atoms with Crippen molar-refractivity contribution in [3.63, 3.8) is 0 Å². The van der Waals surface area contributed by atoms with Crippen LogP contribution in [0.1, 0.15) is 32.3 Å². The molecule has 1 N–H and O–H groups in total. The van der Waals surface area contributed by atoms with Crippen molar-refractivity contribution in [3.05, 3.63) is 92.4 Å². The molecule has 0 unspecified atom stereocenters. The molecule has 0 radical (unpaired) electrons. The number of nitrogens with one attached hydrogen (secondary N) is 1. The molecule has 12 heteroatoms. The topological polar surface area (TPSA) is 86.8 Å². The number of hydrogen-bond donors (Lipinski definition) is 1. The molecule has 40 heavy (non-hydrogen) atoms. The first kappa shape index (κ1) is 32.0. The van der Waals surface area contributed by atoms with E-state index in [0.29, 0.717) is 28.6 Å². The second-order valence-electron chi connectivity index (χ2n) is 8.86. The van der Waals surface area contributed by atoms with Gasteiger partial charge in [-0.3, -0.25) is 13.9 Å². The minimum Gasteiger partial charge on any atom is -0.354 e. The summed E-state index contributed by atoms with van der Waals surface area (Å²) in [6, 6.07) is 16.0. The normalized spacial score (nSPS) is 12.1. The maximum Gasteiger partial charge on any atom is 0.264 e. The van der Waals surface area contributed by atoms with Gasteiger partial charge in [0.25, 0.3) is 10.0 Å². The third-order valence-corrected chi connectivity index (χ3v) is 9.15. The van der Waals surface area contributed by atoms with Crippen LogP contribution in [0.3, 0.4) is 0 Å². The number of carbonyl (C=O) groups excluding carboxylic acids is 2. The summed E-state index contributed by atoms with van der Waals surface area (Å²) in [5, 5.41) is 3.74. The summed E-state index contributed by atoms with van der Waals surface area (Å²) in [5.74, 6) is -1.04. The molecule has 3 rings (SSSR count). The van der Waals surface area contributed by atoms with Crippen LogP contribution in [0.15, 0.2) is 71.6 Å². The average Bonchev–Trinajstić information content (AvgIpc) is 2.93. The van der Waals surface area contributed by atoms with Crippen LogP contribution >= 0.6 is 46.4 Å². The molecule has 1 atom stereocenters. The molecule has 0 bridgehead atoms. The molecule has 3 aromatic carbocycles. The van der Waals surface area contributed by atoms with Crippen LogP contribution in [0.25, 0.3) is 0 Å². The Kier molecular flexibility index (Phi) is 11.5. The summed E-state index contributed by atoms with van der Waals surface area (Å²) in [6.45, 7) is 3.29. The molecule has 0 saturated carbocycles. The van der Waals surface area contributed by atoms with Crippen molar-refractivity contribution in [2.75, 3.05) is 17.4 Å². The fourth-order valence-corrected chi connectivity index (χ4v) is 6.45. The predicted molar refractivity (Wildman–Crippen MR) is 162 cm³/mol. The van der Waals surface area contributed by atoms with Crippen LogP contribution in [0.5, 0.6) is 0 Å². The lowest BCUT2D eigenvalue weighted by molar-refractivity contribution is -0.140. The summed E-state index contributed by atoms with van der Waals surface area (Å²) in [7, 11) is -4.29. The summed E-state index contributed by atoms with van der Waals surface area (Å²) in [5.41, 5.74) is 0.449. The minimum absolute atomic E-state index is 0.0191. The van der Waals surface area contributed by atoms with Crippen LogP contribution in [-0.2, 0) is 26.2 Å². The Morgan fingerprint density at radius 2 is 1.52 bits per heavy atom. The van der Waals surface area contributed by atoms with Gasteiger partial charge in [0.2, 0.25) is 11.8 Å². The SMILES string of the molecule is CCCNC(=O)[C@H](CC)N(Cc1c(Cl)cccc1Cl)C(=O)CN(c1cc(Cl)ccc1Cl)S(=O)(=O)c1ccccc1. The van der Waals surface area contributed by atoms with Gasteiger partial charge in [0.1, 0.15) is 12.6 Å². The van der Waals surface area contributed by atoms with E-state index in [1.54, 1.807) is 43.3 Å². The highest BCUT2D eigenvalue weighted by molar-refractivity contribution is 7.92. The van der Waals surface area contributed by atoms with Gasteiger partial charge in [-0.1, -0.05) is 84.5 Å². The molecule has 0 aliphatic carbocycles. The maximum absolute atomic E-state index is 14.1. The van der Waals surface area contributed by atoms with Crippen LogP contribution in [-0.4, -0.2) is 44.3 Å². The Bertz CT molecular complexity index is 1430. The van der Waals surface area contributed by atoms with E-state index in [0.717, 1.165) is 4.31 Å². The Labute approximate surface area is 255 Å². The molecule has 0 saturated heterocycles. The molecule has 2 amide bonds. The van der Waals surface area contributed by atoms with Gasteiger partial charge in [0, 0.05) is 33.7 Å². The molecule has 0 aromatic heterocycles. The van der Waals surface area contributed by atoms with Crippen LogP contribution < -0.4 is 9.62 Å². The van der Waals surface area contributed by atoms with Crippen molar-refractivity contribution < 1.29 is 18.0 Å². The Morgan fingerprint density at radius 1 is 0.875 bits per heavy atom. The van der Waals surface area contributed by atoms with Gasteiger partial charge in [-0.25, -0.2) is 8.42 Å². The molecule has 214 valence electrons. The van der Waals surface area contributed by atoms with Gasteiger partial charge in [0.15, 0.2) is 0 Å². The van der Waals surface area contributed by atoms with Crippen molar-refractivity contribution in [2.45, 2.75) is 44.2 Å². The fraction of sp³-hybridized carbons (Fsp3) is 0.286. The standard InChI is InChI=1S/C28H29Cl4N3O4S/c1-3-15-33-28(37)25(4-2)34(17-21-22(30)11-8-12-23(21)31)27(36)18-35(26-16-19(29)13-14-24(26)32)40(38,39)20-9-6-5-7-10-20/h5-14,16,25H,3-4,15,17-18H2,1-2H3,(H,33,37)/t25-/m0/s1. The lowest BCUT2D eigenvalue weighted by Gasteiger charge is -2.33. The number of sulfonamides is 1. The summed E-state index contributed by atoms with van der Waals surface area (Å²) >= 11 is 25.5. The second-order valence-corrected chi connectivity index (χ2v) is 12.4. The van der Waals surface area contributed by atoms with Crippen LogP contribution in [0.2, 0.25) is 20.1 Å². The lowest BCUT2D eigenvalue weighted by atomic mass is 10.1. The highest BCUT2D eigenvalue weighted by atomic mass is 35.5. The fourth-order valence-electron chi connectivity index (χ4n) is 4.05. The van der Waals surface area contributed by atoms with Crippen molar-refractivity contribution in [1.29, 1.82) is 0 Å². The highest BCUT2D eigenvalue weighted by Crippen LogP contribution is 2.34. The Morgan fingerprint density at radius 3 is 2.12 bits per heavy atom. The third kappa shape index (κ3) is 7.62. The summed E-state index contributed by atoms with van der Waals surface area (Å²) in [4.78, 5) is 28.5. The summed E-state index contributed by atoms with van der Waals surface area (Å²) < 4.78 is 28.6. The zero-order valence-corrected chi connectivity index (χ0v) is 25.8. The van der Waals surface area contributed by atoms with E-state index in [2.05, 4.69) is 5.32 Å². The number of hydrogen-bond acceptors (Lipinski definition) is 4. The largest absolute Gasteiger partial charge is 0.354 e. The molecule has 0 spiro atoms. The van der Waals surface area contributed by atoms with E-state index < -0.39 is 28.5 Å². The Balaban J connectivity index is 2.12. The number of carbonyl (C=O) groups is 2. The molecule has 0 aliphatic heterocycles. The third-order valence-electron chi connectivity index (χ3n) is 6.11. The number of amides is 2. The quantitative estimate of drug-likeness (QED) is 0.234. The zero-order chi connectivity index (χ0) is 29.4. The zero-order valence-electron chi connectivity index (χ0n) is 21.9. The molecule has 7 nitrogen and oxygen atoms in total. The smallest absolute Gasteiger partial charge is 0.264 e. The molecule has 0 heterocycles. The molecular formula is C28H29Cl4N3O4S. The molecular weight excluding hydrogens is 616 g/mol. The van der Waals surface area contributed by atoms with Crippen molar-refractivity contribution in [1.82, 2.24) is 10.2 Å². The highest BCUT2D eigenvalue weighted by Gasteiger charge is 2.35. The first-order chi connectivity index (χ1) is 19.0. The van der Waals surface area contributed by atoms with E-state index >= 15 is 0 Å². The van der Waals surface area contributed by atoms with Crippen molar-refractivity contribution >= 4 is 73.9 Å². The van der Waals surface area contributed by atoms with Crippen LogP contribution in [0.4, 0.5) is 5.69 Å². The van der Waals surface area contributed by atoms with Gasteiger partial charge in [0.05, 0.1) is 15.6 Å². The Hall–Kier alpha value is -2.49. The summed E-state index contributed by atoms with van der Waals surface area (Å²) in [6.07, 6.45) is 0.954. The second kappa shape index (κ2) is 14.4. The number of nitrogens with zero attached hydrogens (tertiary/aromatic N) is 2. The van der Waals surface area contributed by atoms with Gasteiger partial charge in [-0.2, -0.15) is 0 Å². The van der Waals surface area contributed by atoms with Gasteiger partial charge >= 0.3 is 0 Å². The predicted octanol–water partition coefficient (Wildman–Crippen LogP) is 6.83. The van der Waals surface area contributed by atoms with E-state index in [1.165, 1.54) is 35.2 Å². The van der Waals surface area contributed by atoms with E-state index in [-0.39, 0.29) is 39.5 Å². The van der Waals surface area contributed by atoms with E-state index in [9.17, 15) is 18.0 Å². The van der Waals surface area contributed by atoms with Gasteiger partial charge < -0.3 is 10.2 Å². The number of halogens is 4. The lowest BCUT2D eigenvalue weighted by Crippen LogP contribution is -2.52. The first-order valence-corrected chi connectivity index (χ1v) is 15.5. The number of rotatable bonds is 12. The average molecular weight is 645 g/mol. The van der Waals surface area contributed by atoms with E-state index in [4.69, 9.17) is 46.4 Å². The van der Waals surface area contributed by atoms with E-state index in [1.807, 2.05) is 6.92 Å². The van der Waals surface area contributed by atoms with Gasteiger partial charge in [-0.15, -0.1) is 0 Å². The van der Waals surface area contributed by atoms with Crippen molar-refractivity contribution in [2.24, 2.45) is 0 Å². The number of anilines is 1. The molecule has 0 aliphatic rings. The van der Waals surface area contributed by atoms with Crippen molar-refractivity contribution in [3.8, 4) is 0 Å². The number of benzene rings is 3. The monoisotopic (exact) mass is 643 g/mol. The molecule has 0 fully saturated rings. The molecule has 3 aromatic rings. The minimum atomic E-state index is -4.29. The van der Waals surface area contributed by atoms with Crippen LogP contribution in [0, 0.1) is 0 Å². The maximum atomic E-state index is 14.1. The van der Waals surface area contributed by atoms with Gasteiger partial charge in [-0.05, 0) is 55.3 Å².